The highest BCUT2D eigenvalue weighted by molar-refractivity contribution is 5.60. The maximum Gasteiger partial charge on any atom is 0.126 e. The first-order valence-corrected chi connectivity index (χ1v) is 4.44. The van der Waals surface area contributed by atoms with Gasteiger partial charge in [-0.1, -0.05) is 27.2 Å². The quantitative estimate of drug-likeness (QED) is 0.559. The van der Waals surface area contributed by atoms with Gasteiger partial charge in [0.15, 0.2) is 0 Å². The number of aldehydes is 1. The second-order valence-electron chi connectivity index (χ2n) is 5.07. The molecule has 0 aromatic carbocycles. The maximum atomic E-state index is 10.8. The molecule has 0 aliphatic heterocycles. The van der Waals surface area contributed by atoms with Gasteiger partial charge in [0.2, 0.25) is 0 Å². The lowest BCUT2D eigenvalue weighted by atomic mass is 9.62. The predicted octanol–water partition coefficient (Wildman–Crippen LogP) is 2.79. The van der Waals surface area contributed by atoms with Crippen LogP contribution in [0.25, 0.3) is 0 Å². The summed E-state index contributed by atoms with van der Waals surface area (Å²) in [6, 6.07) is 0. The second-order valence-corrected chi connectivity index (χ2v) is 5.07. The van der Waals surface area contributed by atoms with Crippen LogP contribution in [-0.2, 0) is 4.79 Å². The number of carbonyl (C=O) groups is 1. The van der Waals surface area contributed by atoms with Crippen LogP contribution in [0.3, 0.4) is 0 Å². The Bertz CT molecular complexity index is 149. The molecule has 0 radical (unpaired) electrons. The predicted molar refractivity (Wildman–Crippen MR) is 46.4 cm³/mol. The highest BCUT2D eigenvalue weighted by Gasteiger charge is 2.39. The van der Waals surface area contributed by atoms with Crippen molar-refractivity contribution in [2.24, 2.45) is 10.8 Å². The normalized spacial score (nSPS) is 22.5. The van der Waals surface area contributed by atoms with Crippen molar-refractivity contribution in [2.45, 2.75) is 46.5 Å². The van der Waals surface area contributed by atoms with Crippen LogP contribution in [0.4, 0.5) is 0 Å². The van der Waals surface area contributed by atoms with Gasteiger partial charge >= 0.3 is 0 Å². The Morgan fingerprint density at radius 2 is 1.91 bits per heavy atom. The molecule has 64 valence electrons. The Morgan fingerprint density at radius 3 is 2.00 bits per heavy atom. The highest BCUT2D eigenvalue weighted by atomic mass is 16.1. The van der Waals surface area contributed by atoms with Crippen LogP contribution in [0.2, 0.25) is 0 Å². The molecule has 0 amide bonds. The van der Waals surface area contributed by atoms with E-state index < -0.39 is 0 Å². The maximum absolute atomic E-state index is 10.8. The molecule has 0 bridgehead atoms. The summed E-state index contributed by atoms with van der Waals surface area (Å²) in [4.78, 5) is 10.8. The zero-order valence-corrected chi connectivity index (χ0v) is 7.81. The van der Waals surface area contributed by atoms with Crippen molar-refractivity contribution in [3.8, 4) is 0 Å². The summed E-state index contributed by atoms with van der Waals surface area (Å²) in [5.41, 5.74) is 0.375. The van der Waals surface area contributed by atoms with Crippen LogP contribution in [0, 0.1) is 10.8 Å². The van der Waals surface area contributed by atoms with Crippen LogP contribution in [0.1, 0.15) is 46.5 Å². The van der Waals surface area contributed by atoms with Gasteiger partial charge in [0.1, 0.15) is 6.29 Å². The van der Waals surface area contributed by atoms with Crippen molar-refractivity contribution in [3.63, 3.8) is 0 Å². The van der Waals surface area contributed by atoms with Crippen molar-refractivity contribution >= 4 is 6.29 Å². The minimum Gasteiger partial charge on any atom is -0.303 e. The average molecular weight is 154 g/mol. The van der Waals surface area contributed by atoms with Gasteiger partial charge in [-0.3, -0.25) is 0 Å². The van der Waals surface area contributed by atoms with Gasteiger partial charge < -0.3 is 4.79 Å². The first kappa shape index (κ1) is 8.76. The highest BCUT2D eigenvalue weighted by Crippen LogP contribution is 2.46. The molecule has 0 aromatic rings. The number of carbonyl (C=O) groups excluding carboxylic acids is 1. The molecule has 1 aliphatic rings. The molecule has 0 aromatic heterocycles. The Hall–Kier alpha value is -0.330. The molecule has 0 spiro atoms. The van der Waals surface area contributed by atoms with E-state index in [0.717, 1.165) is 19.3 Å². The van der Waals surface area contributed by atoms with E-state index in [1.54, 1.807) is 0 Å². The molecule has 0 N–H and O–H groups in total. The van der Waals surface area contributed by atoms with Gasteiger partial charge in [0.05, 0.1) is 0 Å². The molecule has 1 heteroatoms. The summed E-state index contributed by atoms with van der Waals surface area (Å²) in [5.74, 6) is 0. The molecule has 11 heavy (non-hydrogen) atoms. The smallest absolute Gasteiger partial charge is 0.126 e. The van der Waals surface area contributed by atoms with Crippen molar-refractivity contribution in [1.82, 2.24) is 0 Å². The third-order valence-electron chi connectivity index (χ3n) is 2.48. The summed E-state index contributed by atoms with van der Waals surface area (Å²) < 4.78 is 0. The van der Waals surface area contributed by atoms with E-state index in [1.165, 1.54) is 12.7 Å². The molecule has 1 rings (SSSR count). The molecular weight excluding hydrogens is 136 g/mol. The van der Waals surface area contributed by atoms with Gasteiger partial charge in [-0.25, -0.2) is 0 Å². The van der Waals surface area contributed by atoms with E-state index in [0.29, 0.717) is 5.41 Å². The third-order valence-corrected chi connectivity index (χ3v) is 2.48. The molecule has 1 fully saturated rings. The van der Waals surface area contributed by atoms with Gasteiger partial charge in [0, 0.05) is 5.41 Å². The van der Waals surface area contributed by atoms with E-state index in [4.69, 9.17) is 0 Å². The number of rotatable bonds is 2. The van der Waals surface area contributed by atoms with Crippen LogP contribution >= 0.6 is 0 Å². The van der Waals surface area contributed by atoms with Crippen molar-refractivity contribution in [1.29, 1.82) is 0 Å². The summed E-state index contributed by atoms with van der Waals surface area (Å²) in [6.45, 7) is 6.61. The van der Waals surface area contributed by atoms with E-state index in [1.807, 2.05) is 0 Å². The van der Waals surface area contributed by atoms with Crippen molar-refractivity contribution in [2.75, 3.05) is 0 Å². The zero-order valence-electron chi connectivity index (χ0n) is 7.81. The Labute approximate surface area is 69.2 Å². The largest absolute Gasteiger partial charge is 0.303 e. The van der Waals surface area contributed by atoms with Crippen molar-refractivity contribution < 1.29 is 4.79 Å². The molecule has 0 saturated heterocycles. The molecule has 1 aliphatic carbocycles. The molecular formula is C10H18O. The van der Waals surface area contributed by atoms with Gasteiger partial charge in [0.25, 0.3) is 0 Å². The standard InChI is InChI=1S/C10H18O/c1-9(2,3)7-10(8-11)5-4-6-10/h8H,4-7H2,1-3H3. The summed E-state index contributed by atoms with van der Waals surface area (Å²) in [6.07, 6.45) is 5.72. The van der Waals surface area contributed by atoms with E-state index in [-0.39, 0.29) is 5.41 Å². The Morgan fingerprint density at radius 1 is 1.36 bits per heavy atom. The average Bonchev–Trinajstić information content (AvgIpc) is 1.77. The van der Waals surface area contributed by atoms with Crippen molar-refractivity contribution in [3.05, 3.63) is 0 Å². The first-order valence-electron chi connectivity index (χ1n) is 4.44. The van der Waals surface area contributed by atoms with Gasteiger partial charge in [-0.2, -0.15) is 0 Å². The van der Waals surface area contributed by atoms with Gasteiger partial charge in [-0.15, -0.1) is 0 Å². The third kappa shape index (κ3) is 2.05. The fraction of sp³-hybridized carbons (Fsp3) is 0.900. The van der Waals surface area contributed by atoms with Crippen LogP contribution in [0.15, 0.2) is 0 Å². The number of hydrogen-bond donors (Lipinski definition) is 0. The van der Waals surface area contributed by atoms with E-state index in [9.17, 15) is 4.79 Å². The molecule has 0 unspecified atom stereocenters. The lowest BCUT2D eigenvalue weighted by molar-refractivity contribution is -0.122. The lowest BCUT2D eigenvalue weighted by Crippen LogP contribution is -2.35. The Balaban J connectivity index is 2.51. The monoisotopic (exact) mass is 154 g/mol. The SMILES string of the molecule is CC(C)(C)CC1(C=O)CCC1. The second kappa shape index (κ2) is 2.62. The van der Waals surface area contributed by atoms with Crippen LogP contribution in [0.5, 0.6) is 0 Å². The minimum atomic E-state index is 0.0677. The summed E-state index contributed by atoms with van der Waals surface area (Å²) in [7, 11) is 0. The summed E-state index contributed by atoms with van der Waals surface area (Å²) >= 11 is 0. The van der Waals surface area contributed by atoms with E-state index in [2.05, 4.69) is 20.8 Å². The Kier molecular flexibility index (Phi) is 2.08. The molecule has 0 heterocycles. The zero-order chi connectivity index (χ0) is 8.54. The molecule has 0 atom stereocenters. The van der Waals surface area contributed by atoms with Crippen LogP contribution < -0.4 is 0 Å². The first-order chi connectivity index (χ1) is 4.97. The molecule has 1 saturated carbocycles. The lowest BCUT2D eigenvalue weighted by Gasteiger charge is -2.41. The van der Waals surface area contributed by atoms with Crippen LogP contribution in [-0.4, -0.2) is 6.29 Å². The summed E-state index contributed by atoms with van der Waals surface area (Å²) in [5, 5.41) is 0. The fourth-order valence-electron chi connectivity index (χ4n) is 2.02. The molecule has 1 nitrogen and oxygen atoms in total. The fourth-order valence-corrected chi connectivity index (χ4v) is 2.02. The topological polar surface area (TPSA) is 17.1 Å². The number of hydrogen-bond acceptors (Lipinski definition) is 1. The van der Waals surface area contributed by atoms with Gasteiger partial charge in [-0.05, 0) is 24.7 Å². The van der Waals surface area contributed by atoms with E-state index >= 15 is 0 Å². The minimum absolute atomic E-state index is 0.0677.